The van der Waals surface area contributed by atoms with Crippen molar-refractivity contribution in [3.63, 3.8) is 0 Å². The Morgan fingerprint density at radius 2 is 1.80 bits per heavy atom. The minimum atomic E-state index is -5.08. The van der Waals surface area contributed by atoms with E-state index in [0.717, 1.165) is 18.5 Å². The Morgan fingerprint density at radius 1 is 1.20 bits per heavy atom. The molecular formula is C26H26F8N6O5S. The van der Waals surface area contributed by atoms with E-state index in [1.165, 1.54) is 39.0 Å². The van der Waals surface area contributed by atoms with E-state index < -0.39 is 69.7 Å². The summed E-state index contributed by atoms with van der Waals surface area (Å²) in [6.45, 7) is -0.0739. The SMILES string of the molecule is O=C(O)C(F)(F)F.[2H]C([2H])([2H])N=S1(=O)C[C@@](C)(c2cc(-c3cc(-c4ncc(OCC(F)(F)C(F)F)cn4)no3)ccc2F)N=C(N)C1(C)C. The molecule has 0 radical (unpaired) electrons. The summed E-state index contributed by atoms with van der Waals surface area (Å²) in [5, 5.41) is 11.0. The topological polar surface area (TPSA) is 166 Å². The average Bonchev–Trinajstić information content (AvgIpc) is 3.45. The molecule has 46 heavy (non-hydrogen) atoms. The second kappa shape index (κ2) is 12.8. The highest BCUT2D eigenvalue weighted by Gasteiger charge is 2.48. The largest absolute Gasteiger partial charge is 0.490 e. The molecule has 11 nitrogen and oxygen atoms in total. The van der Waals surface area contributed by atoms with Gasteiger partial charge in [0.05, 0.1) is 27.9 Å². The molecule has 2 aromatic heterocycles. The van der Waals surface area contributed by atoms with Crippen LogP contribution in [0.25, 0.3) is 22.8 Å². The summed E-state index contributed by atoms with van der Waals surface area (Å²) in [6.07, 6.45) is -7.00. The molecular weight excluding hydrogens is 660 g/mol. The predicted molar refractivity (Wildman–Crippen MR) is 147 cm³/mol. The maximum absolute atomic E-state index is 15.2. The van der Waals surface area contributed by atoms with E-state index in [2.05, 4.69) is 29.2 Å². The molecule has 0 bridgehead atoms. The van der Waals surface area contributed by atoms with Crippen LogP contribution in [-0.4, -0.2) is 78.9 Å². The average molecular weight is 690 g/mol. The monoisotopic (exact) mass is 689 g/mol. The van der Waals surface area contributed by atoms with E-state index in [1.807, 2.05) is 0 Å². The van der Waals surface area contributed by atoms with Gasteiger partial charge in [-0.15, -0.1) is 0 Å². The number of aromatic nitrogens is 3. The number of amidine groups is 1. The molecule has 2 atom stereocenters. The van der Waals surface area contributed by atoms with Crippen LogP contribution in [0.5, 0.6) is 5.75 Å². The lowest BCUT2D eigenvalue weighted by Gasteiger charge is -2.40. The van der Waals surface area contributed by atoms with Crippen LogP contribution in [-0.2, 0) is 20.1 Å². The molecule has 3 heterocycles. The van der Waals surface area contributed by atoms with Gasteiger partial charge in [-0.05, 0) is 39.0 Å². The molecule has 0 saturated heterocycles. The second-order valence-corrected chi connectivity index (χ2v) is 13.1. The first-order valence-corrected chi connectivity index (χ1v) is 14.2. The minimum absolute atomic E-state index is 0.0230. The number of halogens is 8. The molecule has 4 rings (SSSR count). The van der Waals surface area contributed by atoms with E-state index in [4.69, 9.17) is 24.3 Å². The van der Waals surface area contributed by atoms with Gasteiger partial charge in [-0.25, -0.2) is 36.5 Å². The van der Waals surface area contributed by atoms with Crippen LogP contribution in [0.3, 0.4) is 0 Å². The van der Waals surface area contributed by atoms with Gasteiger partial charge in [-0.1, -0.05) is 5.16 Å². The fourth-order valence-electron chi connectivity index (χ4n) is 3.82. The van der Waals surface area contributed by atoms with Crippen LogP contribution in [0.1, 0.15) is 30.4 Å². The summed E-state index contributed by atoms with van der Waals surface area (Å²) < 4.78 is 146. The van der Waals surface area contributed by atoms with Gasteiger partial charge >= 0.3 is 24.5 Å². The summed E-state index contributed by atoms with van der Waals surface area (Å²) in [6, 6.07) is 5.25. The molecule has 0 fully saturated rings. The number of carboxylic acids is 1. The van der Waals surface area contributed by atoms with Crippen LogP contribution in [0.15, 0.2) is 50.5 Å². The Balaban J connectivity index is 0.000000838. The number of aliphatic imine (C=N–C) groups is 1. The summed E-state index contributed by atoms with van der Waals surface area (Å²) in [7, 11) is -3.58. The number of aliphatic carboxylic acids is 1. The first-order valence-electron chi connectivity index (χ1n) is 14.0. The molecule has 0 spiro atoms. The maximum Gasteiger partial charge on any atom is 0.490 e. The molecule has 1 aliphatic rings. The first kappa shape index (κ1) is 31.6. The number of hydrogen-bond acceptors (Lipinski definition) is 10. The first-order chi connectivity index (χ1) is 22.2. The van der Waals surface area contributed by atoms with Crippen molar-refractivity contribution >= 4 is 21.5 Å². The van der Waals surface area contributed by atoms with Crippen molar-refractivity contribution in [1.29, 1.82) is 0 Å². The number of carbonyl (C=O) groups is 1. The van der Waals surface area contributed by atoms with E-state index in [1.54, 1.807) is 0 Å². The summed E-state index contributed by atoms with van der Waals surface area (Å²) in [5.74, 6) is -8.60. The van der Waals surface area contributed by atoms with Crippen LogP contribution < -0.4 is 10.5 Å². The Kier molecular flexibility index (Phi) is 8.80. The molecule has 20 heteroatoms. The number of alkyl halides is 7. The van der Waals surface area contributed by atoms with E-state index in [9.17, 15) is 34.9 Å². The fourth-order valence-corrected chi connectivity index (χ4v) is 5.82. The van der Waals surface area contributed by atoms with Crippen molar-refractivity contribution in [3.05, 3.63) is 48.0 Å². The molecule has 252 valence electrons. The van der Waals surface area contributed by atoms with Crippen LogP contribution in [0.4, 0.5) is 35.1 Å². The lowest BCUT2D eigenvalue weighted by Crippen LogP contribution is -2.54. The van der Waals surface area contributed by atoms with E-state index in [-0.39, 0.29) is 34.4 Å². The molecule has 0 saturated carbocycles. The van der Waals surface area contributed by atoms with Gasteiger partial charge in [0.25, 0.3) is 0 Å². The van der Waals surface area contributed by atoms with Crippen molar-refractivity contribution in [1.82, 2.24) is 15.1 Å². The lowest BCUT2D eigenvalue weighted by atomic mass is 9.91. The number of carboxylic acid groups (broad SMARTS) is 1. The standard InChI is InChI=1S/C24H25F5N6O3S.C2HF3O2/c1-22(2)21(30)34-23(3,12-39(22,36)31-4)15-7-13(5-6-16(15)25)18-8-17(35-38-18)19-32-9-14(10-33-19)37-11-24(28,29)20(26)27;3-2(4,5)1(6)7/h5-10,20H,11-12H2,1-4H3,(H2,30,34);(H,6,7)/t23-,39?;/m0./s1/i4D3;. The van der Waals surface area contributed by atoms with E-state index >= 15 is 4.39 Å². The van der Waals surface area contributed by atoms with E-state index in [0.29, 0.717) is 5.56 Å². The van der Waals surface area contributed by atoms with Crippen LogP contribution in [0.2, 0.25) is 0 Å². The number of nitrogens with two attached hydrogens (primary N) is 1. The van der Waals surface area contributed by atoms with Crippen LogP contribution in [0, 0.1) is 5.82 Å². The van der Waals surface area contributed by atoms with Crippen molar-refractivity contribution < 1.29 is 62.6 Å². The zero-order chi connectivity index (χ0) is 37.4. The van der Waals surface area contributed by atoms with Gasteiger partial charge in [-0.3, -0.25) is 4.99 Å². The summed E-state index contributed by atoms with van der Waals surface area (Å²) in [5.41, 5.74) is 4.91. The highest BCUT2D eigenvalue weighted by molar-refractivity contribution is 7.95. The van der Waals surface area contributed by atoms with Crippen molar-refractivity contribution in [2.45, 2.75) is 49.6 Å². The Hall–Kier alpha value is -4.36. The highest BCUT2D eigenvalue weighted by atomic mass is 32.2. The smallest absolute Gasteiger partial charge is 0.484 e. The van der Waals surface area contributed by atoms with Gasteiger partial charge in [0.1, 0.15) is 21.9 Å². The lowest BCUT2D eigenvalue weighted by molar-refractivity contribution is -0.192. The van der Waals surface area contributed by atoms with Gasteiger partial charge in [0.15, 0.2) is 29.6 Å². The second-order valence-electron chi connectivity index (χ2n) is 10.3. The molecule has 1 aliphatic heterocycles. The van der Waals surface area contributed by atoms with Gasteiger partial charge in [0, 0.05) is 28.3 Å². The highest BCUT2D eigenvalue weighted by Crippen LogP contribution is 2.40. The number of benzene rings is 1. The van der Waals surface area contributed by atoms with Crippen molar-refractivity contribution in [3.8, 4) is 28.6 Å². The summed E-state index contributed by atoms with van der Waals surface area (Å²) >= 11 is 0. The molecule has 0 amide bonds. The zero-order valence-electron chi connectivity index (χ0n) is 26.8. The number of nitrogens with zero attached hydrogens (tertiary/aromatic N) is 5. The minimum Gasteiger partial charge on any atom is -0.484 e. The predicted octanol–water partition coefficient (Wildman–Crippen LogP) is 5.31. The van der Waals surface area contributed by atoms with Gasteiger partial charge in [-0.2, -0.15) is 22.0 Å². The normalized spacial score (nSPS) is 22.4. The Bertz CT molecular complexity index is 1850. The third kappa shape index (κ3) is 7.53. The Labute approximate surface area is 260 Å². The fraction of sp³-hybridized carbons (Fsp3) is 0.423. The molecule has 1 aromatic carbocycles. The number of hydrogen-bond donors (Lipinski definition) is 2. The third-order valence-corrected chi connectivity index (χ3v) is 9.65. The maximum atomic E-state index is 15.2. The molecule has 1 unspecified atom stereocenters. The van der Waals surface area contributed by atoms with Crippen molar-refractivity contribution in [2.75, 3.05) is 19.3 Å². The molecule has 3 N–H and O–H groups in total. The third-order valence-electron chi connectivity index (χ3n) is 6.60. The Morgan fingerprint density at radius 3 is 2.35 bits per heavy atom. The molecule has 0 aliphatic carbocycles. The number of ether oxygens (including phenoxy) is 1. The van der Waals surface area contributed by atoms with Gasteiger partial charge < -0.3 is 20.1 Å². The number of rotatable bonds is 7. The van der Waals surface area contributed by atoms with Gasteiger partial charge in [0.2, 0.25) is 0 Å². The molecule has 3 aromatic rings. The summed E-state index contributed by atoms with van der Waals surface area (Å²) in [4.78, 5) is 21.1. The van der Waals surface area contributed by atoms with Crippen LogP contribution >= 0.6 is 0 Å². The zero-order valence-corrected chi connectivity index (χ0v) is 24.6. The quantitative estimate of drug-likeness (QED) is 0.313. The van der Waals surface area contributed by atoms with Crippen molar-refractivity contribution in [2.24, 2.45) is 15.1 Å².